The fourth-order valence-corrected chi connectivity index (χ4v) is 9.57. The second kappa shape index (κ2) is 34.6. The van der Waals surface area contributed by atoms with Crippen molar-refractivity contribution in [2.75, 3.05) is 32.7 Å². The molecule has 0 unspecified atom stereocenters. The van der Waals surface area contributed by atoms with Crippen molar-refractivity contribution in [1.29, 1.82) is 0 Å². The molecular formula is C53H90N14O12. The van der Waals surface area contributed by atoms with Crippen LogP contribution in [0.4, 0.5) is 0 Å². The Labute approximate surface area is 463 Å². The normalized spacial score (nSPS) is 26.0. The molecule has 2 fully saturated rings. The van der Waals surface area contributed by atoms with E-state index in [1.54, 1.807) is 44.2 Å². The lowest BCUT2D eigenvalue weighted by Crippen LogP contribution is -2.61. The van der Waals surface area contributed by atoms with Crippen molar-refractivity contribution in [3.63, 3.8) is 0 Å². The molecule has 2 aliphatic rings. The van der Waals surface area contributed by atoms with Gasteiger partial charge in [0.15, 0.2) is 0 Å². The molecule has 11 atom stereocenters. The third-order valence-electron chi connectivity index (χ3n) is 14.0. The molecule has 1 aromatic carbocycles. The van der Waals surface area contributed by atoms with Gasteiger partial charge in [0.1, 0.15) is 54.4 Å². The topological polar surface area (TPSA) is 436 Å². The number of amides is 10. The highest BCUT2D eigenvalue weighted by atomic mass is 16.3. The molecule has 1 aliphatic carbocycles. The first kappa shape index (κ1) is 67.0. The van der Waals surface area contributed by atoms with Gasteiger partial charge < -0.3 is 86.3 Å². The number of benzene rings is 1. The maximum Gasteiger partial charge on any atom is 0.245 e. The van der Waals surface area contributed by atoms with E-state index < -0.39 is 139 Å². The van der Waals surface area contributed by atoms with Gasteiger partial charge in [-0.2, -0.15) is 0 Å². The van der Waals surface area contributed by atoms with Crippen LogP contribution in [0.15, 0.2) is 30.3 Å². The summed E-state index contributed by atoms with van der Waals surface area (Å²) in [6, 6.07) is -4.42. The zero-order chi connectivity index (χ0) is 58.8. The Balaban J connectivity index is 2.08. The molecule has 1 saturated heterocycles. The van der Waals surface area contributed by atoms with E-state index in [2.05, 4.69) is 60.1 Å². The van der Waals surface area contributed by atoms with Crippen LogP contribution in [-0.2, 0) is 54.4 Å². The molecular weight excluding hydrogens is 1020 g/mol. The summed E-state index contributed by atoms with van der Waals surface area (Å²) in [6.07, 6.45) is 0.969. The Hall–Kier alpha value is -6.32. The van der Waals surface area contributed by atoms with Crippen LogP contribution in [0.1, 0.15) is 117 Å². The van der Waals surface area contributed by atoms with Crippen molar-refractivity contribution in [2.24, 2.45) is 40.7 Å². The molecule has 0 bridgehead atoms. The van der Waals surface area contributed by atoms with Gasteiger partial charge in [-0.3, -0.25) is 47.9 Å². The second-order valence-electron chi connectivity index (χ2n) is 21.1. The van der Waals surface area contributed by atoms with E-state index in [1.165, 1.54) is 13.8 Å². The van der Waals surface area contributed by atoms with Gasteiger partial charge in [0.05, 0.1) is 12.2 Å². The largest absolute Gasteiger partial charge is 0.391 e. The van der Waals surface area contributed by atoms with E-state index >= 15 is 0 Å². The number of carbonyl (C=O) groups excluding carboxylic acids is 10. The average Bonchev–Trinajstić information content (AvgIpc) is 3.40. The van der Waals surface area contributed by atoms with Crippen LogP contribution >= 0.6 is 0 Å². The monoisotopic (exact) mass is 1110 g/mol. The van der Waals surface area contributed by atoms with Gasteiger partial charge in [-0.25, -0.2) is 0 Å². The number of hydrogen-bond acceptors (Lipinski definition) is 16. The molecule has 1 aromatic rings. The predicted molar refractivity (Wildman–Crippen MR) is 293 cm³/mol. The molecule has 0 radical (unpaired) electrons. The zero-order valence-electron chi connectivity index (χ0n) is 46.5. The van der Waals surface area contributed by atoms with Crippen molar-refractivity contribution in [1.82, 2.24) is 53.2 Å². The molecule has 79 heavy (non-hydrogen) atoms. The van der Waals surface area contributed by atoms with Gasteiger partial charge in [-0.15, -0.1) is 0 Å². The first-order chi connectivity index (χ1) is 37.6. The number of hydrogen-bond donors (Lipinski definition) is 16. The van der Waals surface area contributed by atoms with Crippen LogP contribution < -0.4 is 76.1 Å². The highest BCUT2D eigenvalue weighted by Crippen LogP contribution is 2.31. The summed E-state index contributed by atoms with van der Waals surface area (Å²) >= 11 is 0. The van der Waals surface area contributed by atoms with Crippen molar-refractivity contribution >= 4 is 59.1 Å². The van der Waals surface area contributed by atoms with Gasteiger partial charge in [0.25, 0.3) is 0 Å². The quantitative estimate of drug-likeness (QED) is 0.0525. The first-order valence-corrected chi connectivity index (χ1v) is 27.8. The lowest BCUT2D eigenvalue weighted by Gasteiger charge is -2.30. The van der Waals surface area contributed by atoms with Crippen LogP contribution in [0.5, 0.6) is 0 Å². The molecule has 0 spiro atoms. The predicted octanol–water partition coefficient (Wildman–Crippen LogP) is -4.08. The Morgan fingerprint density at radius 2 is 1.10 bits per heavy atom. The maximum atomic E-state index is 14.5. The maximum absolute atomic E-state index is 14.5. The number of aliphatic hydroxyl groups is 2. The van der Waals surface area contributed by atoms with Crippen LogP contribution in [0, 0.1) is 17.8 Å². The van der Waals surface area contributed by atoms with E-state index in [1.807, 2.05) is 0 Å². The van der Waals surface area contributed by atoms with E-state index in [-0.39, 0.29) is 76.5 Å². The van der Waals surface area contributed by atoms with Gasteiger partial charge in [0, 0.05) is 18.9 Å². The van der Waals surface area contributed by atoms with Crippen molar-refractivity contribution in [2.45, 2.75) is 185 Å². The molecule has 26 nitrogen and oxygen atoms in total. The standard InChI is InChI=1S/C53H90N14O12/c1-6-10-32-13-15-34(16-14-32)44(70)66-43(31(5)69)53(79)63-37(19-24-56)46(72)62-39-21-26-58-52(78)42(30(4)68)67-49(75)38(20-25-57)60-45(71)35(17-22-54)61-50(76)40(27-29(2)3)64-51(77)41(28-33-11-8-7-9-12-33)65-47(73)36(18-23-55)59-48(39)74/h7-9,11-12,29-32,34-43,68-69H,6,10,13-28,54-57H2,1-5H3,(H,58,78)(H,59,74)(H,60,71)(H,61,76)(H,62,72)(H,63,79)(H,64,77)(H,65,73)(H,66,70)(H,67,75)/t30-,31-,32?,34?,35+,36+,37+,38+,39+,40+,41-,42+,43+/m1/s1. The number of rotatable bonds is 22. The van der Waals surface area contributed by atoms with Crippen LogP contribution in [0.2, 0.25) is 0 Å². The van der Waals surface area contributed by atoms with Crippen LogP contribution in [0.25, 0.3) is 0 Å². The third kappa shape index (κ3) is 22.4. The number of aliphatic hydroxyl groups excluding tert-OH is 2. The summed E-state index contributed by atoms with van der Waals surface area (Å²) in [5.74, 6) is -8.55. The molecule has 0 aromatic heterocycles. The summed E-state index contributed by atoms with van der Waals surface area (Å²) in [5, 5.41) is 47.4. The summed E-state index contributed by atoms with van der Waals surface area (Å²) in [5.41, 5.74) is 24.2. The Bertz CT molecular complexity index is 2160. The third-order valence-corrected chi connectivity index (χ3v) is 14.0. The van der Waals surface area contributed by atoms with Crippen LogP contribution in [-0.4, -0.2) is 169 Å². The molecule has 20 N–H and O–H groups in total. The molecule has 1 heterocycles. The highest BCUT2D eigenvalue weighted by Gasteiger charge is 2.38. The minimum Gasteiger partial charge on any atom is -0.391 e. The minimum atomic E-state index is -1.66. The number of nitrogens with two attached hydrogens (primary N) is 4. The molecule has 1 aliphatic heterocycles. The molecule has 1 saturated carbocycles. The minimum absolute atomic E-state index is 0.0635. The van der Waals surface area contributed by atoms with Gasteiger partial charge in [0.2, 0.25) is 59.1 Å². The van der Waals surface area contributed by atoms with E-state index in [0.29, 0.717) is 24.3 Å². The molecule has 444 valence electrons. The smallest absolute Gasteiger partial charge is 0.245 e. The fourth-order valence-electron chi connectivity index (χ4n) is 9.57. The van der Waals surface area contributed by atoms with Crippen LogP contribution in [0.3, 0.4) is 0 Å². The SMILES string of the molecule is CCCC1CCC(C(=O)N[C@H](C(=O)N[C@@H](CCN)C(=O)N[C@H]2CCNC(=O)[C@H]([C@@H](C)O)NC(=O)[C@H](CCN)NC(=O)[C@H](CCN)NC(=O)[C@H](CC(C)C)NC(=O)[C@@H](Cc3ccccc3)NC(=O)[C@H](CCN)NC2=O)[C@@H](C)O)CC1. The van der Waals surface area contributed by atoms with E-state index in [4.69, 9.17) is 22.9 Å². The molecule has 26 heteroatoms. The summed E-state index contributed by atoms with van der Waals surface area (Å²) in [6.45, 7) is 7.25. The highest BCUT2D eigenvalue weighted by molar-refractivity contribution is 5.99. The summed E-state index contributed by atoms with van der Waals surface area (Å²) in [4.78, 5) is 140. The van der Waals surface area contributed by atoms with E-state index in [0.717, 1.165) is 25.7 Å². The Morgan fingerprint density at radius 1 is 0.595 bits per heavy atom. The Kier molecular flexibility index (Phi) is 29.4. The average molecular weight is 1120 g/mol. The second-order valence-corrected chi connectivity index (χ2v) is 21.1. The number of nitrogens with one attached hydrogen (secondary N) is 10. The Morgan fingerprint density at radius 3 is 1.61 bits per heavy atom. The fraction of sp³-hybridized carbons (Fsp3) is 0.698. The van der Waals surface area contributed by atoms with Crippen molar-refractivity contribution in [3.05, 3.63) is 35.9 Å². The van der Waals surface area contributed by atoms with E-state index in [9.17, 15) is 58.2 Å². The lowest BCUT2D eigenvalue weighted by atomic mass is 9.79. The van der Waals surface area contributed by atoms with Crippen molar-refractivity contribution in [3.8, 4) is 0 Å². The zero-order valence-corrected chi connectivity index (χ0v) is 46.5. The van der Waals surface area contributed by atoms with Crippen molar-refractivity contribution < 1.29 is 58.2 Å². The molecule has 10 amide bonds. The lowest BCUT2D eigenvalue weighted by molar-refractivity contribution is -0.137. The van der Waals surface area contributed by atoms with Gasteiger partial charge in [-0.1, -0.05) is 63.9 Å². The molecule has 3 rings (SSSR count). The van der Waals surface area contributed by atoms with Gasteiger partial charge >= 0.3 is 0 Å². The first-order valence-electron chi connectivity index (χ1n) is 27.8. The van der Waals surface area contributed by atoms with Gasteiger partial charge in [-0.05, 0) is 122 Å². The summed E-state index contributed by atoms with van der Waals surface area (Å²) < 4.78 is 0. The number of carbonyl (C=O) groups is 10. The summed E-state index contributed by atoms with van der Waals surface area (Å²) in [7, 11) is 0.